The molecule has 3 rings (SSSR count). The number of unbranched alkanes of at least 4 members (excludes halogenated alkanes) is 1. The zero-order chi connectivity index (χ0) is 19.2. The standard InChI is InChI=1S/C21H24ClN3O2/c1-2-3-4-15-5-9-17(10-6-15)23-21(27)24-18-13-20(26)25(14-18)19-11-7-16(22)8-12-19/h5-12,18H,2-4,13-14H2,1H3,(H2,23,24,27)/t18-/m0/s1. The van der Waals surface area contributed by atoms with E-state index < -0.39 is 0 Å². The molecule has 142 valence electrons. The minimum absolute atomic E-state index is 0.0112. The minimum Gasteiger partial charge on any atom is -0.333 e. The number of rotatable bonds is 6. The van der Waals surface area contributed by atoms with Gasteiger partial charge in [0.15, 0.2) is 0 Å². The van der Waals surface area contributed by atoms with E-state index in [2.05, 4.69) is 17.6 Å². The molecule has 0 aromatic heterocycles. The predicted octanol–water partition coefficient (Wildman–Crippen LogP) is 4.61. The summed E-state index contributed by atoms with van der Waals surface area (Å²) < 4.78 is 0. The number of anilines is 2. The van der Waals surface area contributed by atoms with Crippen LogP contribution in [0.4, 0.5) is 16.2 Å². The van der Waals surface area contributed by atoms with Crippen LogP contribution < -0.4 is 15.5 Å². The van der Waals surface area contributed by atoms with Crippen molar-refractivity contribution in [3.8, 4) is 0 Å². The van der Waals surface area contributed by atoms with Gasteiger partial charge in [0.05, 0.1) is 6.04 Å². The average Bonchev–Trinajstić information content (AvgIpc) is 3.01. The van der Waals surface area contributed by atoms with Gasteiger partial charge in [-0.25, -0.2) is 4.79 Å². The van der Waals surface area contributed by atoms with Crippen LogP contribution >= 0.6 is 11.6 Å². The summed E-state index contributed by atoms with van der Waals surface area (Å²) in [6, 6.07) is 14.5. The number of carbonyl (C=O) groups is 2. The summed E-state index contributed by atoms with van der Waals surface area (Å²) in [6.07, 6.45) is 3.66. The van der Waals surface area contributed by atoms with Crippen LogP contribution in [0.25, 0.3) is 0 Å². The Morgan fingerprint density at radius 3 is 2.52 bits per heavy atom. The molecule has 1 fully saturated rings. The molecule has 27 heavy (non-hydrogen) atoms. The van der Waals surface area contributed by atoms with Gasteiger partial charge in [0.2, 0.25) is 5.91 Å². The number of carbonyl (C=O) groups excluding carboxylic acids is 2. The topological polar surface area (TPSA) is 61.4 Å². The maximum atomic E-state index is 12.3. The maximum absolute atomic E-state index is 12.3. The molecule has 0 spiro atoms. The highest BCUT2D eigenvalue weighted by atomic mass is 35.5. The lowest BCUT2D eigenvalue weighted by Crippen LogP contribution is -2.39. The third-order valence-corrected chi connectivity index (χ3v) is 4.88. The van der Waals surface area contributed by atoms with Gasteiger partial charge in [-0.15, -0.1) is 0 Å². The molecule has 0 unspecified atom stereocenters. The van der Waals surface area contributed by atoms with Crippen LogP contribution in [0.5, 0.6) is 0 Å². The number of aryl methyl sites for hydroxylation is 1. The second-order valence-corrected chi connectivity index (χ2v) is 7.22. The summed E-state index contributed by atoms with van der Waals surface area (Å²) in [5.74, 6) is -0.0112. The first-order valence-corrected chi connectivity index (χ1v) is 9.65. The van der Waals surface area contributed by atoms with Gasteiger partial charge in [-0.05, 0) is 54.8 Å². The van der Waals surface area contributed by atoms with Crippen molar-refractivity contribution in [2.45, 2.75) is 38.6 Å². The lowest BCUT2D eigenvalue weighted by atomic mass is 10.1. The van der Waals surface area contributed by atoms with E-state index >= 15 is 0 Å². The molecule has 0 saturated carbocycles. The number of nitrogens with zero attached hydrogens (tertiary/aromatic N) is 1. The van der Waals surface area contributed by atoms with Crippen LogP contribution in [0.15, 0.2) is 48.5 Å². The highest BCUT2D eigenvalue weighted by molar-refractivity contribution is 6.30. The smallest absolute Gasteiger partial charge is 0.319 e. The van der Waals surface area contributed by atoms with Gasteiger partial charge >= 0.3 is 6.03 Å². The molecule has 1 atom stereocenters. The first-order valence-electron chi connectivity index (χ1n) is 9.27. The van der Waals surface area contributed by atoms with Crippen LogP contribution in [0.1, 0.15) is 31.7 Å². The van der Waals surface area contributed by atoms with E-state index in [9.17, 15) is 9.59 Å². The summed E-state index contributed by atoms with van der Waals surface area (Å²) in [4.78, 5) is 26.2. The Kier molecular flexibility index (Phi) is 6.35. The molecule has 1 aliphatic heterocycles. The molecule has 2 N–H and O–H groups in total. The van der Waals surface area contributed by atoms with Crippen LogP contribution in [-0.4, -0.2) is 24.5 Å². The van der Waals surface area contributed by atoms with Gasteiger partial charge in [0.1, 0.15) is 0 Å². The van der Waals surface area contributed by atoms with E-state index in [0.29, 0.717) is 11.6 Å². The predicted molar refractivity (Wildman–Crippen MR) is 109 cm³/mol. The Labute approximate surface area is 164 Å². The normalized spacial score (nSPS) is 16.4. The fourth-order valence-electron chi connectivity index (χ4n) is 3.16. The largest absolute Gasteiger partial charge is 0.333 e. The second-order valence-electron chi connectivity index (χ2n) is 6.78. The van der Waals surface area contributed by atoms with Gasteiger partial charge < -0.3 is 15.5 Å². The van der Waals surface area contributed by atoms with Crippen LogP contribution in [0, 0.1) is 0 Å². The van der Waals surface area contributed by atoms with E-state index in [0.717, 1.165) is 30.6 Å². The molecule has 2 aromatic carbocycles. The number of hydrogen-bond donors (Lipinski definition) is 2. The summed E-state index contributed by atoms with van der Waals surface area (Å²) in [5.41, 5.74) is 2.80. The van der Waals surface area contributed by atoms with Crippen molar-refractivity contribution in [2.24, 2.45) is 0 Å². The Morgan fingerprint density at radius 2 is 1.85 bits per heavy atom. The Morgan fingerprint density at radius 1 is 1.15 bits per heavy atom. The van der Waals surface area contributed by atoms with E-state index in [1.165, 1.54) is 5.56 Å². The van der Waals surface area contributed by atoms with Crippen LogP contribution in [0.3, 0.4) is 0 Å². The highest BCUT2D eigenvalue weighted by Gasteiger charge is 2.31. The molecule has 6 heteroatoms. The van der Waals surface area contributed by atoms with Gasteiger partial charge in [0, 0.05) is 29.4 Å². The van der Waals surface area contributed by atoms with Crippen molar-refractivity contribution >= 4 is 34.9 Å². The Bertz CT molecular complexity index is 790. The molecule has 0 aliphatic carbocycles. The molecule has 2 aromatic rings. The second kappa shape index (κ2) is 8.91. The molecule has 3 amide bonds. The SMILES string of the molecule is CCCCc1ccc(NC(=O)N[C@H]2CC(=O)N(c3ccc(Cl)cc3)C2)cc1. The zero-order valence-corrected chi connectivity index (χ0v) is 16.1. The third kappa shape index (κ3) is 5.23. The number of nitrogens with one attached hydrogen (secondary N) is 2. The van der Waals surface area contributed by atoms with Gasteiger partial charge in [0.25, 0.3) is 0 Å². The minimum atomic E-state index is -0.299. The quantitative estimate of drug-likeness (QED) is 0.762. The monoisotopic (exact) mass is 385 g/mol. The number of urea groups is 1. The lowest BCUT2D eigenvalue weighted by Gasteiger charge is -2.17. The molecular weight excluding hydrogens is 362 g/mol. The van der Waals surface area contributed by atoms with Gasteiger partial charge in [-0.3, -0.25) is 4.79 Å². The van der Waals surface area contributed by atoms with Crippen LogP contribution in [0.2, 0.25) is 5.02 Å². The van der Waals surface area contributed by atoms with E-state index in [1.54, 1.807) is 17.0 Å². The summed E-state index contributed by atoms with van der Waals surface area (Å²) in [7, 11) is 0. The molecule has 1 aliphatic rings. The van der Waals surface area contributed by atoms with Crippen molar-refractivity contribution in [3.05, 3.63) is 59.1 Å². The summed E-state index contributed by atoms with van der Waals surface area (Å²) >= 11 is 5.90. The molecule has 0 radical (unpaired) electrons. The van der Waals surface area contributed by atoms with Crippen molar-refractivity contribution in [3.63, 3.8) is 0 Å². The van der Waals surface area contributed by atoms with Crippen molar-refractivity contribution in [1.82, 2.24) is 5.32 Å². The molecular formula is C21H24ClN3O2. The first kappa shape index (κ1) is 19.2. The average molecular weight is 386 g/mol. The van der Waals surface area contributed by atoms with Crippen molar-refractivity contribution in [1.29, 1.82) is 0 Å². The van der Waals surface area contributed by atoms with Crippen molar-refractivity contribution < 1.29 is 9.59 Å². The number of benzene rings is 2. The van der Waals surface area contributed by atoms with Gasteiger partial charge in [-0.1, -0.05) is 37.1 Å². The summed E-state index contributed by atoms with van der Waals surface area (Å²) in [5, 5.41) is 6.34. The third-order valence-electron chi connectivity index (χ3n) is 4.63. The molecule has 1 saturated heterocycles. The van der Waals surface area contributed by atoms with E-state index in [1.807, 2.05) is 36.4 Å². The Balaban J connectivity index is 1.52. The number of hydrogen-bond acceptors (Lipinski definition) is 2. The fraction of sp³-hybridized carbons (Fsp3) is 0.333. The molecule has 0 bridgehead atoms. The molecule has 5 nitrogen and oxygen atoms in total. The number of amides is 3. The van der Waals surface area contributed by atoms with E-state index in [4.69, 9.17) is 11.6 Å². The molecule has 1 heterocycles. The number of halogens is 1. The Hall–Kier alpha value is -2.53. The maximum Gasteiger partial charge on any atom is 0.319 e. The zero-order valence-electron chi connectivity index (χ0n) is 15.4. The van der Waals surface area contributed by atoms with Crippen LogP contribution in [-0.2, 0) is 11.2 Å². The lowest BCUT2D eigenvalue weighted by molar-refractivity contribution is -0.117. The van der Waals surface area contributed by atoms with Crippen molar-refractivity contribution in [2.75, 3.05) is 16.8 Å². The highest BCUT2D eigenvalue weighted by Crippen LogP contribution is 2.23. The summed E-state index contributed by atoms with van der Waals surface area (Å²) in [6.45, 7) is 2.62. The first-order chi connectivity index (χ1) is 13.0. The van der Waals surface area contributed by atoms with Gasteiger partial charge in [-0.2, -0.15) is 0 Å². The fourth-order valence-corrected chi connectivity index (χ4v) is 3.29. The van der Waals surface area contributed by atoms with E-state index in [-0.39, 0.29) is 24.4 Å².